The van der Waals surface area contributed by atoms with E-state index in [1.54, 1.807) is 0 Å². The first-order valence-electron chi connectivity index (χ1n) is 6.06. The average Bonchev–Trinajstić information content (AvgIpc) is 2.78. The second-order valence-electron chi connectivity index (χ2n) is 4.60. The highest BCUT2D eigenvalue weighted by atomic mass is 16.5. The molecule has 2 fully saturated rings. The molecule has 88 valence electrons. The molecule has 1 aromatic rings. The first-order valence-corrected chi connectivity index (χ1v) is 6.06. The van der Waals surface area contributed by atoms with Crippen molar-refractivity contribution in [2.24, 2.45) is 0 Å². The van der Waals surface area contributed by atoms with Gasteiger partial charge in [-0.2, -0.15) is 4.98 Å². The van der Waals surface area contributed by atoms with E-state index in [0.29, 0.717) is 11.9 Å². The van der Waals surface area contributed by atoms with Crippen molar-refractivity contribution >= 4 is 0 Å². The molecule has 1 aliphatic heterocycles. The summed E-state index contributed by atoms with van der Waals surface area (Å²) in [5, 5.41) is 7.32. The second-order valence-corrected chi connectivity index (χ2v) is 4.60. The molecule has 0 radical (unpaired) electrons. The highest BCUT2D eigenvalue weighted by molar-refractivity contribution is 4.91. The summed E-state index contributed by atoms with van der Waals surface area (Å²) in [6.45, 7) is 1.59. The monoisotopic (exact) mass is 223 g/mol. The number of aromatic nitrogens is 2. The van der Waals surface area contributed by atoms with Crippen LogP contribution in [0.3, 0.4) is 0 Å². The Labute approximate surface area is 94.6 Å². The van der Waals surface area contributed by atoms with E-state index in [-0.39, 0.29) is 6.10 Å². The number of hydrogen-bond acceptors (Lipinski definition) is 5. The fourth-order valence-corrected chi connectivity index (χ4v) is 1.97. The molecule has 1 atom stereocenters. The van der Waals surface area contributed by atoms with Crippen LogP contribution in [0, 0.1) is 0 Å². The molecule has 1 N–H and O–H groups in total. The second kappa shape index (κ2) is 4.51. The molecule has 1 unspecified atom stereocenters. The molecule has 1 aliphatic carbocycles. The van der Waals surface area contributed by atoms with Gasteiger partial charge in [0, 0.05) is 12.6 Å². The van der Waals surface area contributed by atoms with Crippen LogP contribution in [0.5, 0.6) is 0 Å². The van der Waals surface area contributed by atoms with Gasteiger partial charge in [-0.25, -0.2) is 0 Å². The SMILES string of the molecule is C1COC(Cc2nc(CNC3CC3)no2)C1. The van der Waals surface area contributed by atoms with E-state index in [4.69, 9.17) is 9.26 Å². The Morgan fingerprint density at radius 2 is 2.25 bits per heavy atom. The van der Waals surface area contributed by atoms with Crippen LogP contribution in [0.1, 0.15) is 37.4 Å². The largest absolute Gasteiger partial charge is 0.378 e. The summed E-state index contributed by atoms with van der Waals surface area (Å²) in [6.07, 6.45) is 5.86. The predicted molar refractivity (Wildman–Crippen MR) is 56.8 cm³/mol. The van der Waals surface area contributed by atoms with Gasteiger partial charge in [0.1, 0.15) is 0 Å². The Hall–Kier alpha value is -0.940. The van der Waals surface area contributed by atoms with Crippen molar-refractivity contribution in [3.8, 4) is 0 Å². The fraction of sp³-hybridized carbons (Fsp3) is 0.818. The van der Waals surface area contributed by atoms with E-state index in [0.717, 1.165) is 38.2 Å². The Balaban J connectivity index is 1.50. The lowest BCUT2D eigenvalue weighted by molar-refractivity contribution is 0.104. The molecule has 0 amide bonds. The van der Waals surface area contributed by atoms with Crippen LogP contribution in [0.4, 0.5) is 0 Å². The van der Waals surface area contributed by atoms with Gasteiger partial charge in [-0.1, -0.05) is 5.16 Å². The van der Waals surface area contributed by atoms with Crippen LogP contribution in [-0.2, 0) is 17.7 Å². The lowest BCUT2D eigenvalue weighted by Gasteiger charge is -2.03. The summed E-state index contributed by atoms with van der Waals surface area (Å²) in [5.41, 5.74) is 0. The molecule has 0 spiro atoms. The Bertz CT molecular complexity index is 343. The van der Waals surface area contributed by atoms with Crippen LogP contribution >= 0.6 is 0 Å². The standard InChI is InChI=1S/C11H17N3O2/c1-2-9(15-5-1)6-11-13-10(14-16-11)7-12-8-3-4-8/h8-9,12H,1-7H2. The van der Waals surface area contributed by atoms with Gasteiger partial charge in [-0.15, -0.1) is 0 Å². The van der Waals surface area contributed by atoms with Crippen LogP contribution < -0.4 is 5.32 Å². The van der Waals surface area contributed by atoms with Crippen molar-refractivity contribution in [1.82, 2.24) is 15.5 Å². The zero-order valence-corrected chi connectivity index (χ0v) is 9.32. The molecule has 1 saturated heterocycles. The smallest absolute Gasteiger partial charge is 0.229 e. The van der Waals surface area contributed by atoms with Crippen molar-refractivity contribution in [2.45, 2.75) is 50.8 Å². The maximum atomic E-state index is 5.53. The molecule has 0 bridgehead atoms. The molecule has 5 nitrogen and oxygen atoms in total. The fourth-order valence-electron chi connectivity index (χ4n) is 1.97. The van der Waals surface area contributed by atoms with Crippen LogP contribution in [0.25, 0.3) is 0 Å². The minimum Gasteiger partial charge on any atom is -0.378 e. The molecule has 1 aromatic heterocycles. The summed E-state index contributed by atoms with van der Waals surface area (Å²) < 4.78 is 10.7. The third-order valence-corrected chi connectivity index (χ3v) is 3.06. The maximum Gasteiger partial charge on any atom is 0.229 e. The molecular weight excluding hydrogens is 206 g/mol. The van der Waals surface area contributed by atoms with Gasteiger partial charge in [0.2, 0.25) is 5.89 Å². The van der Waals surface area contributed by atoms with E-state index in [9.17, 15) is 0 Å². The summed E-state index contributed by atoms with van der Waals surface area (Å²) in [7, 11) is 0. The number of nitrogens with one attached hydrogen (secondary N) is 1. The van der Waals surface area contributed by atoms with E-state index < -0.39 is 0 Å². The van der Waals surface area contributed by atoms with Crippen LogP contribution in [0.2, 0.25) is 0 Å². The van der Waals surface area contributed by atoms with Gasteiger partial charge in [0.25, 0.3) is 0 Å². The van der Waals surface area contributed by atoms with Crippen LogP contribution in [0.15, 0.2) is 4.52 Å². The topological polar surface area (TPSA) is 60.2 Å². The third-order valence-electron chi connectivity index (χ3n) is 3.06. The van der Waals surface area contributed by atoms with Gasteiger partial charge in [0.05, 0.1) is 19.1 Å². The molecule has 16 heavy (non-hydrogen) atoms. The van der Waals surface area contributed by atoms with Crippen molar-refractivity contribution < 1.29 is 9.26 Å². The van der Waals surface area contributed by atoms with Crippen molar-refractivity contribution in [3.05, 3.63) is 11.7 Å². The zero-order valence-electron chi connectivity index (χ0n) is 9.32. The minimum absolute atomic E-state index is 0.282. The van der Waals surface area contributed by atoms with Gasteiger partial charge >= 0.3 is 0 Å². The van der Waals surface area contributed by atoms with Gasteiger partial charge in [-0.3, -0.25) is 0 Å². The molecule has 0 aromatic carbocycles. The van der Waals surface area contributed by atoms with Gasteiger partial charge < -0.3 is 14.6 Å². The molecular formula is C11H17N3O2. The maximum absolute atomic E-state index is 5.53. The highest BCUT2D eigenvalue weighted by Gasteiger charge is 2.22. The van der Waals surface area contributed by atoms with Gasteiger partial charge in [-0.05, 0) is 25.7 Å². The van der Waals surface area contributed by atoms with Crippen molar-refractivity contribution in [3.63, 3.8) is 0 Å². The van der Waals surface area contributed by atoms with Crippen molar-refractivity contribution in [1.29, 1.82) is 0 Å². The van der Waals surface area contributed by atoms with Gasteiger partial charge in [0.15, 0.2) is 5.82 Å². The third kappa shape index (κ3) is 2.59. The highest BCUT2D eigenvalue weighted by Crippen LogP contribution is 2.19. The van der Waals surface area contributed by atoms with E-state index in [1.807, 2.05) is 0 Å². The summed E-state index contributed by atoms with van der Waals surface area (Å²) >= 11 is 0. The Morgan fingerprint density at radius 3 is 3.00 bits per heavy atom. The van der Waals surface area contributed by atoms with E-state index in [2.05, 4.69) is 15.5 Å². The summed E-state index contributed by atoms with van der Waals surface area (Å²) in [6, 6.07) is 0.681. The molecule has 3 rings (SSSR count). The number of hydrogen-bond donors (Lipinski definition) is 1. The summed E-state index contributed by atoms with van der Waals surface area (Å²) in [5.74, 6) is 1.47. The van der Waals surface area contributed by atoms with E-state index >= 15 is 0 Å². The predicted octanol–water partition coefficient (Wildman–Crippen LogP) is 1.04. The number of nitrogens with zero attached hydrogens (tertiary/aromatic N) is 2. The first-order chi connectivity index (χ1) is 7.90. The lowest BCUT2D eigenvalue weighted by Crippen LogP contribution is -2.16. The quantitative estimate of drug-likeness (QED) is 0.808. The Morgan fingerprint density at radius 1 is 1.31 bits per heavy atom. The minimum atomic E-state index is 0.282. The number of ether oxygens (including phenoxy) is 1. The average molecular weight is 223 g/mol. The molecule has 1 saturated carbocycles. The molecule has 2 aliphatic rings. The molecule has 5 heteroatoms. The van der Waals surface area contributed by atoms with Crippen LogP contribution in [-0.4, -0.2) is 28.9 Å². The first kappa shape index (κ1) is 10.2. The van der Waals surface area contributed by atoms with Crippen molar-refractivity contribution in [2.75, 3.05) is 6.61 Å². The Kier molecular flexibility index (Phi) is 2.88. The zero-order chi connectivity index (χ0) is 10.8. The number of rotatable bonds is 5. The normalized spacial score (nSPS) is 25.1. The molecule has 2 heterocycles. The lowest BCUT2D eigenvalue weighted by atomic mass is 10.2. The summed E-state index contributed by atoms with van der Waals surface area (Å²) in [4.78, 5) is 4.35. The van der Waals surface area contributed by atoms with E-state index in [1.165, 1.54) is 12.8 Å².